The van der Waals surface area contributed by atoms with Crippen molar-refractivity contribution in [2.75, 3.05) is 5.32 Å². The Labute approximate surface area is 140 Å². The number of carbonyl (C=O) groups excluding carboxylic acids is 1. The van der Waals surface area contributed by atoms with Crippen LogP contribution in [0.3, 0.4) is 0 Å². The summed E-state index contributed by atoms with van der Waals surface area (Å²) in [4.78, 5) is 12.5. The van der Waals surface area contributed by atoms with Gasteiger partial charge in [0.1, 0.15) is 17.3 Å². The molecule has 0 aliphatic carbocycles. The molecule has 24 heavy (non-hydrogen) atoms. The third-order valence-electron chi connectivity index (χ3n) is 3.93. The number of rotatable bonds is 4. The van der Waals surface area contributed by atoms with Crippen molar-refractivity contribution in [2.24, 2.45) is 0 Å². The summed E-state index contributed by atoms with van der Waals surface area (Å²) in [5.41, 5.74) is 3.28. The van der Waals surface area contributed by atoms with E-state index in [0.717, 1.165) is 17.7 Å². The van der Waals surface area contributed by atoms with E-state index in [4.69, 9.17) is 4.42 Å². The third-order valence-corrected chi connectivity index (χ3v) is 3.93. The lowest BCUT2D eigenvalue weighted by molar-refractivity contribution is 0.102. The van der Waals surface area contributed by atoms with E-state index in [0.29, 0.717) is 17.1 Å². The maximum absolute atomic E-state index is 12.5. The zero-order chi connectivity index (χ0) is 17.1. The molecule has 3 rings (SSSR count). The number of hydrogen-bond donors (Lipinski definition) is 2. The quantitative estimate of drug-likeness (QED) is 0.727. The molecule has 3 aromatic rings. The first-order valence-electron chi connectivity index (χ1n) is 7.87. The molecule has 0 saturated heterocycles. The first kappa shape index (κ1) is 15.9. The van der Waals surface area contributed by atoms with Crippen LogP contribution in [0.25, 0.3) is 11.3 Å². The molecule has 2 aromatic carbocycles. The minimum absolute atomic E-state index is 0.190. The molecule has 0 saturated carbocycles. The van der Waals surface area contributed by atoms with Gasteiger partial charge in [-0.15, -0.1) is 0 Å². The van der Waals surface area contributed by atoms with E-state index in [1.807, 2.05) is 24.3 Å². The van der Waals surface area contributed by atoms with E-state index >= 15 is 0 Å². The van der Waals surface area contributed by atoms with Crippen LogP contribution < -0.4 is 5.32 Å². The van der Waals surface area contributed by atoms with Gasteiger partial charge < -0.3 is 14.8 Å². The van der Waals surface area contributed by atoms with Crippen molar-refractivity contribution in [2.45, 2.75) is 20.3 Å². The lowest BCUT2D eigenvalue weighted by Gasteiger charge is -2.05. The topological polar surface area (TPSA) is 62.5 Å². The molecule has 0 fully saturated rings. The molecule has 0 bridgehead atoms. The lowest BCUT2D eigenvalue weighted by Crippen LogP contribution is -2.12. The Balaban J connectivity index is 1.81. The van der Waals surface area contributed by atoms with Crippen molar-refractivity contribution in [1.29, 1.82) is 0 Å². The molecule has 1 amide bonds. The van der Waals surface area contributed by atoms with Gasteiger partial charge in [-0.1, -0.05) is 19.1 Å². The monoisotopic (exact) mass is 321 g/mol. The van der Waals surface area contributed by atoms with Crippen LogP contribution in [0.5, 0.6) is 5.75 Å². The summed E-state index contributed by atoms with van der Waals surface area (Å²) in [6, 6.07) is 16.2. The van der Waals surface area contributed by atoms with Gasteiger partial charge in [0.2, 0.25) is 0 Å². The minimum Gasteiger partial charge on any atom is -0.508 e. The molecule has 122 valence electrons. The summed E-state index contributed by atoms with van der Waals surface area (Å²) < 4.78 is 5.69. The number of amides is 1. The Kier molecular flexibility index (Phi) is 4.38. The number of hydrogen-bond acceptors (Lipinski definition) is 3. The zero-order valence-corrected chi connectivity index (χ0v) is 13.7. The molecule has 2 N–H and O–H groups in total. The fourth-order valence-corrected chi connectivity index (χ4v) is 2.50. The standard InChI is InChI=1S/C20H19NO3/c1-3-14-4-8-16(9-5-14)21-20(23)18-12-19(24-13(18)2)15-6-10-17(22)11-7-15/h4-12,22H,3H2,1-2H3,(H,21,23). The van der Waals surface area contributed by atoms with Crippen molar-refractivity contribution in [1.82, 2.24) is 0 Å². The smallest absolute Gasteiger partial charge is 0.259 e. The fraction of sp³-hybridized carbons (Fsp3) is 0.150. The second-order valence-electron chi connectivity index (χ2n) is 5.63. The molecular weight excluding hydrogens is 302 g/mol. The molecule has 0 spiro atoms. The normalized spacial score (nSPS) is 10.6. The molecule has 1 heterocycles. The third kappa shape index (κ3) is 3.33. The highest BCUT2D eigenvalue weighted by Gasteiger charge is 2.16. The average Bonchev–Trinajstić information content (AvgIpc) is 2.98. The van der Waals surface area contributed by atoms with Crippen LogP contribution in [0.1, 0.15) is 28.6 Å². The second kappa shape index (κ2) is 6.62. The van der Waals surface area contributed by atoms with Crippen molar-refractivity contribution in [3.05, 3.63) is 71.5 Å². The Morgan fingerprint density at radius 2 is 1.75 bits per heavy atom. The predicted molar refractivity (Wildman–Crippen MR) is 94.3 cm³/mol. The van der Waals surface area contributed by atoms with E-state index in [-0.39, 0.29) is 11.7 Å². The van der Waals surface area contributed by atoms with E-state index < -0.39 is 0 Å². The first-order chi connectivity index (χ1) is 11.6. The average molecular weight is 321 g/mol. The Bertz CT molecular complexity index is 846. The maximum atomic E-state index is 12.5. The largest absolute Gasteiger partial charge is 0.508 e. The molecule has 4 heteroatoms. The highest BCUT2D eigenvalue weighted by molar-refractivity contribution is 6.05. The molecule has 0 radical (unpaired) electrons. The van der Waals surface area contributed by atoms with Gasteiger partial charge in [0.15, 0.2) is 0 Å². The lowest BCUT2D eigenvalue weighted by atomic mass is 10.1. The van der Waals surface area contributed by atoms with Gasteiger partial charge >= 0.3 is 0 Å². The second-order valence-corrected chi connectivity index (χ2v) is 5.63. The Morgan fingerprint density at radius 1 is 1.08 bits per heavy atom. The van der Waals surface area contributed by atoms with Crippen molar-refractivity contribution in [3.8, 4) is 17.1 Å². The van der Waals surface area contributed by atoms with E-state index in [9.17, 15) is 9.90 Å². The molecule has 1 aromatic heterocycles. The van der Waals surface area contributed by atoms with Gasteiger partial charge in [-0.3, -0.25) is 4.79 Å². The first-order valence-corrected chi connectivity index (χ1v) is 7.87. The van der Waals surface area contributed by atoms with Crippen LogP contribution in [-0.4, -0.2) is 11.0 Å². The van der Waals surface area contributed by atoms with Crippen LogP contribution in [-0.2, 0) is 6.42 Å². The predicted octanol–water partition coefficient (Wildman–Crippen LogP) is 4.78. The molecule has 0 atom stereocenters. The zero-order valence-electron chi connectivity index (χ0n) is 13.7. The highest BCUT2D eigenvalue weighted by Crippen LogP contribution is 2.27. The van der Waals surface area contributed by atoms with Gasteiger partial charge in [-0.25, -0.2) is 0 Å². The summed E-state index contributed by atoms with van der Waals surface area (Å²) >= 11 is 0. The van der Waals surface area contributed by atoms with Crippen molar-refractivity contribution in [3.63, 3.8) is 0 Å². The Morgan fingerprint density at radius 3 is 2.38 bits per heavy atom. The van der Waals surface area contributed by atoms with Gasteiger partial charge in [0.25, 0.3) is 5.91 Å². The number of phenols is 1. The van der Waals surface area contributed by atoms with Gasteiger partial charge in [-0.05, 0) is 61.4 Å². The van der Waals surface area contributed by atoms with Crippen LogP contribution in [0.4, 0.5) is 5.69 Å². The summed E-state index contributed by atoms with van der Waals surface area (Å²) in [5, 5.41) is 12.2. The maximum Gasteiger partial charge on any atom is 0.259 e. The number of nitrogens with one attached hydrogen (secondary N) is 1. The van der Waals surface area contributed by atoms with Crippen LogP contribution in [0.15, 0.2) is 59.0 Å². The van der Waals surface area contributed by atoms with Crippen LogP contribution in [0.2, 0.25) is 0 Å². The number of anilines is 1. The molecular formula is C20H19NO3. The van der Waals surface area contributed by atoms with Crippen molar-refractivity contribution < 1.29 is 14.3 Å². The number of aromatic hydroxyl groups is 1. The minimum atomic E-state index is -0.203. The summed E-state index contributed by atoms with van der Waals surface area (Å²) in [5.74, 6) is 1.14. The number of benzene rings is 2. The highest BCUT2D eigenvalue weighted by atomic mass is 16.3. The van der Waals surface area contributed by atoms with Gasteiger partial charge in [-0.2, -0.15) is 0 Å². The van der Waals surface area contributed by atoms with E-state index in [1.165, 1.54) is 5.56 Å². The molecule has 0 aliphatic heterocycles. The molecule has 0 unspecified atom stereocenters. The van der Waals surface area contributed by atoms with Gasteiger partial charge in [0, 0.05) is 11.3 Å². The number of furan rings is 1. The molecule has 4 nitrogen and oxygen atoms in total. The number of phenolic OH excluding ortho intramolecular Hbond substituents is 1. The van der Waals surface area contributed by atoms with E-state index in [1.54, 1.807) is 37.3 Å². The van der Waals surface area contributed by atoms with Crippen LogP contribution in [0, 0.1) is 6.92 Å². The molecule has 0 aliphatic rings. The SMILES string of the molecule is CCc1ccc(NC(=O)c2cc(-c3ccc(O)cc3)oc2C)cc1. The van der Waals surface area contributed by atoms with Crippen LogP contribution >= 0.6 is 0 Å². The summed E-state index contributed by atoms with van der Waals surface area (Å²) in [6.07, 6.45) is 0.963. The summed E-state index contributed by atoms with van der Waals surface area (Å²) in [7, 11) is 0. The van der Waals surface area contributed by atoms with Crippen molar-refractivity contribution >= 4 is 11.6 Å². The number of aryl methyl sites for hydroxylation is 2. The van der Waals surface area contributed by atoms with Gasteiger partial charge in [0.05, 0.1) is 5.56 Å². The fourth-order valence-electron chi connectivity index (χ4n) is 2.50. The number of carbonyl (C=O) groups is 1. The Hall–Kier alpha value is -3.01. The van der Waals surface area contributed by atoms with E-state index in [2.05, 4.69) is 12.2 Å². The summed E-state index contributed by atoms with van der Waals surface area (Å²) in [6.45, 7) is 3.85.